The lowest BCUT2D eigenvalue weighted by Crippen LogP contribution is -2.10. The molecular weight excluding hydrogens is 470 g/mol. The van der Waals surface area contributed by atoms with Crippen LogP contribution >= 0.6 is 0 Å². The van der Waals surface area contributed by atoms with Gasteiger partial charge in [-0.15, -0.1) is 0 Å². The summed E-state index contributed by atoms with van der Waals surface area (Å²) in [6.45, 7) is 0. The van der Waals surface area contributed by atoms with E-state index in [4.69, 9.17) is 12.3 Å². The molecular formula is C38H27N. The molecule has 0 fully saturated rings. The Bertz CT molecular complexity index is 2490. The molecule has 39 heavy (non-hydrogen) atoms. The van der Waals surface area contributed by atoms with Crippen LogP contribution in [0.3, 0.4) is 0 Å². The van der Waals surface area contributed by atoms with Crippen LogP contribution in [0.4, 0.5) is 17.1 Å². The minimum absolute atomic E-state index is 0.0599. The molecule has 184 valence electrons. The topological polar surface area (TPSA) is 3.24 Å². The number of nitrogens with zero attached hydrogens (tertiary/aromatic N) is 1. The Morgan fingerprint density at radius 3 is 2.05 bits per heavy atom. The standard InChI is InChI=1S/C38H27N/c1-2-11-28(12-3-1)29-23-25-33(26-24-29)39(38-22-10-16-31-14-5-7-20-37(31)38)34-18-8-17-32(27-34)36-21-9-15-30-13-4-6-19-35(30)36/h1-27H/i5D,7D,8D,10D,14D,16D,17D,18D,20D,22D,27D. The molecule has 0 saturated heterocycles. The van der Waals surface area contributed by atoms with Gasteiger partial charge in [0.05, 0.1) is 20.8 Å². The molecule has 0 aromatic heterocycles. The molecule has 7 rings (SSSR count). The second-order valence-corrected chi connectivity index (χ2v) is 8.97. The van der Waals surface area contributed by atoms with Gasteiger partial charge in [0.15, 0.2) is 0 Å². The van der Waals surface area contributed by atoms with Gasteiger partial charge in [-0.05, 0) is 68.7 Å². The Morgan fingerprint density at radius 1 is 0.436 bits per heavy atom. The molecule has 0 aliphatic heterocycles. The first-order valence-electron chi connectivity index (χ1n) is 18.0. The predicted molar refractivity (Wildman–Crippen MR) is 167 cm³/mol. The molecule has 1 heteroatoms. The molecule has 0 heterocycles. The summed E-state index contributed by atoms with van der Waals surface area (Å²) in [5.41, 5.74) is 2.07. The largest absolute Gasteiger partial charge is 0.310 e. The molecule has 7 aromatic carbocycles. The highest BCUT2D eigenvalue weighted by atomic mass is 15.1. The summed E-state index contributed by atoms with van der Waals surface area (Å²) in [7, 11) is 0. The maximum atomic E-state index is 9.63. The molecule has 0 aliphatic carbocycles. The SMILES string of the molecule is [2H]c1c([2H])c(-c2cccc3ccccc23)c([2H])c(N(c2ccc(-c3ccccc3)cc2)c2c([2H])c([2H])c([2H])c3c([2H])c([2H])c([2H])c([2H])c23)c1[2H]. The molecule has 1 nitrogen and oxygen atoms in total. The van der Waals surface area contributed by atoms with Crippen LogP contribution in [0.5, 0.6) is 0 Å². The van der Waals surface area contributed by atoms with E-state index in [1.807, 2.05) is 60.7 Å². The van der Waals surface area contributed by atoms with E-state index in [1.165, 1.54) is 4.90 Å². The van der Waals surface area contributed by atoms with Crippen molar-refractivity contribution in [2.45, 2.75) is 0 Å². The average molecular weight is 509 g/mol. The number of rotatable bonds is 5. The van der Waals surface area contributed by atoms with Crippen LogP contribution in [-0.4, -0.2) is 0 Å². The van der Waals surface area contributed by atoms with E-state index < -0.39 is 54.4 Å². The number of hydrogen-bond donors (Lipinski definition) is 0. The molecule has 0 atom stereocenters. The fourth-order valence-electron chi connectivity index (χ4n) is 4.79. The van der Waals surface area contributed by atoms with Crippen LogP contribution < -0.4 is 4.90 Å². The van der Waals surface area contributed by atoms with Gasteiger partial charge in [0.25, 0.3) is 0 Å². The first-order valence-corrected chi connectivity index (χ1v) is 12.5. The Balaban J connectivity index is 1.64. The Labute approximate surface area is 244 Å². The van der Waals surface area contributed by atoms with Crippen LogP contribution in [0.15, 0.2) is 164 Å². The smallest absolute Gasteiger partial charge is 0.0651 e. The summed E-state index contributed by atoms with van der Waals surface area (Å²) in [5.74, 6) is 0. The van der Waals surface area contributed by atoms with Gasteiger partial charge >= 0.3 is 0 Å². The fraction of sp³-hybridized carbons (Fsp3) is 0. The summed E-state index contributed by atoms with van der Waals surface area (Å²) >= 11 is 0. The van der Waals surface area contributed by atoms with Crippen molar-refractivity contribution in [1.82, 2.24) is 0 Å². The minimum atomic E-state index is -0.615. The molecule has 0 saturated carbocycles. The summed E-state index contributed by atoms with van der Waals surface area (Å²) in [4.78, 5) is 1.30. The summed E-state index contributed by atoms with van der Waals surface area (Å²) in [5, 5.41) is 1.03. The van der Waals surface area contributed by atoms with Gasteiger partial charge in [-0.2, -0.15) is 0 Å². The highest BCUT2D eigenvalue weighted by Crippen LogP contribution is 2.41. The first-order chi connectivity index (χ1) is 23.9. The number of benzene rings is 7. The Morgan fingerprint density at radius 2 is 1.15 bits per heavy atom. The van der Waals surface area contributed by atoms with Crippen molar-refractivity contribution in [2.24, 2.45) is 0 Å². The molecule has 0 unspecified atom stereocenters. The van der Waals surface area contributed by atoms with Crippen LogP contribution in [0.1, 0.15) is 15.1 Å². The Hall–Kier alpha value is -5.14. The van der Waals surface area contributed by atoms with Crippen molar-refractivity contribution in [3.63, 3.8) is 0 Å². The monoisotopic (exact) mass is 508 g/mol. The van der Waals surface area contributed by atoms with Gasteiger partial charge in [-0.25, -0.2) is 0 Å². The molecule has 0 aliphatic rings. The Kier molecular flexibility index (Phi) is 3.61. The van der Waals surface area contributed by atoms with Crippen molar-refractivity contribution in [3.8, 4) is 22.3 Å². The highest BCUT2D eigenvalue weighted by Gasteiger charge is 2.16. The second kappa shape index (κ2) is 9.96. The summed E-state index contributed by atoms with van der Waals surface area (Å²) in [6, 6.07) is 23.5. The van der Waals surface area contributed by atoms with Crippen molar-refractivity contribution < 1.29 is 15.1 Å². The fourth-order valence-corrected chi connectivity index (χ4v) is 4.79. The third-order valence-electron chi connectivity index (χ3n) is 6.64. The quantitative estimate of drug-likeness (QED) is 0.223. The lowest BCUT2D eigenvalue weighted by atomic mass is 9.97. The van der Waals surface area contributed by atoms with E-state index in [2.05, 4.69) is 0 Å². The number of anilines is 3. The van der Waals surface area contributed by atoms with Crippen LogP contribution in [0.25, 0.3) is 43.8 Å². The first kappa shape index (κ1) is 14.1. The van der Waals surface area contributed by atoms with E-state index in [0.717, 1.165) is 16.5 Å². The molecule has 0 spiro atoms. The third-order valence-corrected chi connectivity index (χ3v) is 6.64. The van der Waals surface area contributed by atoms with Crippen LogP contribution in [0, 0.1) is 0 Å². The normalized spacial score (nSPS) is 15.0. The zero-order valence-electron chi connectivity index (χ0n) is 31.7. The number of fused-ring (bicyclic) bond motifs is 2. The minimum Gasteiger partial charge on any atom is -0.310 e. The summed E-state index contributed by atoms with van der Waals surface area (Å²) in [6.07, 6.45) is 0. The zero-order valence-corrected chi connectivity index (χ0v) is 20.7. The molecule has 7 aromatic rings. The van der Waals surface area contributed by atoms with Crippen LogP contribution in [-0.2, 0) is 0 Å². The lowest BCUT2D eigenvalue weighted by Gasteiger charge is -2.27. The molecule has 0 N–H and O–H groups in total. The lowest BCUT2D eigenvalue weighted by molar-refractivity contribution is 1.30. The van der Waals surface area contributed by atoms with Gasteiger partial charge in [0, 0.05) is 16.8 Å². The maximum Gasteiger partial charge on any atom is 0.0651 e. The van der Waals surface area contributed by atoms with Gasteiger partial charge in [-0.1, -0.05) is 133 Å². The van der Waals surface area contributed by atoms with Crippen molar-refractivity contribution in [1.29, 1.82) is 0 Å². The number of hydrogen-bond acceptors (Lipinski definition) is 1. The van der Waals surface area contributed by atoms with E-state index in [1.54, 1.807) is 36.4 Å². The maximum absolute atomic E-state index is 9.63. The van der Waals surface area contributed by atoms with E-state index in [9.17, 15) is 2.74 Å². The summed E-state index contributed by atoms with van der Waals surface area (Å²) < 4.78 is 97.7. The van der Waals surface area contributed by atoms with Gasteiger partial charge in [-0.3, -0.25) is 0 Å². The van der Waals surface area contributed by atoms with Crippen molar-refractivity contribution in [3.05, 3.63) is 164 Å². The highest BCUT2D eigenvalue weighted by molar-refractivity contribution is 6.00. The van der Waals surface area contributed by atoms with E-state index in [0.29, 0.717) is 10.9 Å². The van der Waals surface area contributed by atoms with Crippen molar-refractivity contribution >= 4 is 38.6 Å². The van der Waals surface area contributed by atoms with E-state index in [-0.39, 0.29) is 45.5 Å². The zero-order chi connectivity index (χ0) is 35.6. The van der Waals surface area contributed by atoms with Crippen LogP contribution in [0.2, 0.25) is 0 Å². The molecule has 0 radical (unpaired) electrons. The van der Waals surface area contributed by atoms with Gasteiger partial charge in [0.2, 0.25) is 0 Å². The van der Waals surface area contributed by atoms with E-state index >= 15 is 0 Å². The van der Waals surface area contributed by atoms with Gasteiger partial charge < -0.3 is 4.90 Å². The average Bonchev–Trinajstić information content (AvgIpc) is 3.14. The second-order valence-electron chi connectivity index (χ2n) is 8.97. The molecule has 0 bridgehead atoms. The third kappa shape index (κ3) is 4.35. The van der Waals surface area contributed by atoms with Crippen molar-refractivity contribution in [2.75, 3.05) is 4.90 Å². The predicted octanol–water partition coefficient (Wildman–Crippen LogP) is 10.8. The van der Waals surface area contributed by atoms with Gasteiger partial charge in [0.1, 0.15) is 0 Å². The molecule has 0 amide bonds.